The van der Waals surface area contributed by atoms with Crippen LogP contribution < -0.4 is 4.90 Å². The van der Waals surface area contributed by atoms with Gasteiger partial charge in [-0.3, -0.25) is 4.79 Å². The first-order valence-electron chi connectivity index (χ1n) is 5.13. The molecule has 15 heavy (non-hydrogen) atoms. The van der Waals surface area contributed by atoms with Crippen LogP contribution in [0.4, 0.5) is 5.69 Å². The number of amides is 1. The average molecular weight is 226 g/mol. The number of carbonyl (C=O) groups is 1. The number of benzene rings is 1. The van der Waals surface area contributed by atoms with E-state index in [1.54, 1.807) is 4.90 Å². The third-order valence-electron chi connectivity index (χ3n) is 2.30. The summed E-state index contributed by atoms with van der Waals surface area (Å²) in [6.07, 6.45) is 0. The molecule has 3 heteroatoms. The van der Waals surface area contributed by atoms with Gasteiger partial charge < -0.3 is 4.90 Å². The van der Waals surface area contributed by atoms with Crippen LogP contribution in [-0.2, 0) is 4.79 Å². The van der Waals surface area contributed by atoms with Gasteiger partial charge in [0.2, 0.25) is 5.91 Å². The number of halogens is 1. The van der Waals surface area contributed by atoms with Crippen LogP contribution in [0.1, 0.15) is 13.8 Å². The first-order valence-corrected chi connectivity index (χ1v) is 5.66. The molecule has 2 nitrogen and oxygen atoms in total. The van der Waals surface area contributed by atoms with E-state index in [1.807, 2.05) is 44.2 Å². The van der Waals surface area contributed by atoms with Crippen molar-refractivity contribution in [3.8, 4) is 0 Å². The minimum absolute atomic E-state index is 0.0821. The van der Waals surface area contributed by atoms with Gasteiger partial charge in [0, 0.05) is 24.0 Å². The lowest BCUT2D eigenvalue weighted by Crippen LogP contribution is -2.35. The minimum atomic E-state index is -0.133. The van der Waals surface area contributed by atoms with Crippen LogP contribution in [0, 0.1) is 5.92 Å². The SMILES string of the molecule is CCN(C(=O)C(C)CCl)c1ccccc1. The molecular weight excluding hydrogens is 210 g/mol. The second-order valence-corrected chi connectivity index (χ2v) is 3.78. The van der Waals surface area contributed by atoms with Crippen LogP contribution in [0.3, 0.4) is 0 Å². The van der Waals surface area contributed by atoms with Crippen LogP contribution in [0.5, 0.6) is 0 Å². The Hall–Kier alpha value is -1.02. The highest BCUT2D eigenvalue weighted by molar-refractivity contribution is 6.19. The number of anilines is 1. The van der Waals surface area contributed by atoms with E-state index >= 15 is 0 Å². The molecule has 82 valence electrons. The van der Waals surface area contributed by atoms with Gasteiger partial charge in [0.1, 0.15) is 0 Å². The molecule has 0 saturated carbocycles. The zero-order valence-electron chi connectivity index (χ0n) is 9.11. The summed E-state index contributed by atoms with van der Waals surface area (Å²) >= 11 is 5.69. The maximum Gasteiger partial charge on any atom is 0.231 e. The van der Waals surface area contributed by atoms with Crippen molar-refractivity contribution < 1.29 is 4.79 Å². The van der Waals surface area contributed by atoms with Gasteiger partial charge in [-0.2, -0.15) is 0 Å². The standard InChI is InChI=1S/C12H16ClNO/c1-3-14(12(15)10(2)9-13)11-7-5-4-6-8-11/h4-8,10H,3,9H2,1-2H3. The highest BCUT2D eigenvalue weighted by Gasteiger charge is 2.19. The Morgan fingerprint density at radius 2 is 2.00 bits per heavy atom. The summed E-state index contributed by atoms with van der Waals surface area (Å²) in [4.78, 5) is 13.7. The van der Waals surface area contributed by atoms with Gasteiger partial charge in [-0.05, 0) is 19.1 Å². The third-order valence-corrected chi connectivity index (χ3v) is 2.77. The van der Waals surface area contributed by atoms with Gasteiger partial charge >= 0.3 is 0 Å². The van der Waals surface area contributed by atoms with Gasteiger partial charge in [0.15, 0.2) is 0 Å². The maximum absolute atomic E-state index is 11.9. The zero-order chi connectivity index (χ0) is 11.3. The van der Waals surface area contributed by atoms with Gasteiger partial charge in [0.05, 0.1) is 0 Å². The number of hydrogen-bond acceptors (Lipinski definition) is 1. The molecule has 1 unspecified atom stereocenters. The Balaban J connectivity index is 2.85. The number of carbonyl (C=O) groups excluding carboxylic acids is 1. The van der Waals surface area contributed by atoms with Crippen LogP contribution in [0.2, 0.25) is 0 Å². The lowest BCUT2D eigenvalue weighted by atomic mass is 10.1. The summed E-state index contributed by atoms with van der Waals surface area (Å²) in [5.74, 6) is 0.313. The fourth-order valence-corrected chi connectivity index (χ4v) is 1.54. The van der Waals surface area contributed by atoms with E-state index in [0.29, 0.717) is 12.4 Å². The molecule has 1 aromatic carbocycles. The Bertz CT molecular complexity index is 313. The Morgan fingerprint density at radius 3 is 2.47 bits per heavy atom. The van der Waals surface area contributed by atoms with E-state index in [2.05, 4.69) is 0 Å². The minimum Gasteiger partial charge on any atom is -0.312 e. The lowest BCUT2D eigenvalue weighted by molar-refractivity contribution is -0.121. The summed E-state index contributed by atoms with van der Waals surface area (Å²) in [5, 5.41) is 0. The monoisotopic (exact) mass is 225 g/mol. The molecular formula is C12H16ClNO. The fraction of sp³-hybridized carbons (Fsp3) is 0.417. The molecule has 0 heterocycles. The van der Waals surface area contributed by atoms with Gasteiger partial charge in [-0.25, -0.2) is 0 Å². The van der Waals surface area contributed by atoms with E-state index < -0.39 is 0 Å². The van der Waals surface area contributed by atoms with Crippen molar-refractivity contribution in [1.82, 2.24) is 0 Å². The molecule has 0 bridgehead atoms. The van der Waals surface area contributed by atoms with Crippen molar-refractivity contribution in [2.45, 2.75) is 13.8 Å². The van der Waals surface area contributed by atoms with Crippen molar-refractivity contribution in [2.24, 2.45) is 5.92 Å². The first-order chi connectivity index (χ1) is 7.20. The number of rotatable bonds is 4. The average Bonchev–Trinajstić information content (AvgIpc) is 2.30. The molecule has 0 fully saturated rings. The largest absolute Gasteiger partial charge is 0.312 e. The van der Waals surface area contributed by atoms with E-state index in [9.17, 15) is 4.79 Å². The highest BCUT2D eigenvalue weighted by Crippen LogP contribution is 2.16. The molecule has 0 radical (unpaired) electrons. The fourth-order valence-electron chi connectivity index (χ4n) is 1.41. The molecule has 1 rings (SSSR count). The van der Waals surface area contributed by atoms with Gasteiger partial charge in [-0.15, -0.1) is 11.6 Å². The number of hydrogen-bond donors (Lipinski definition) is 0. The van der Waals surface area contributed by atoms with Crippen molar-refractivity contribution in [3.05, 3.63) is 30.3 Å². The quantitative estimate of drug-likeness (QED) is 0.722. The van der Waals surface area contributed by atoms with Crippen LogP contribution in [0.15, 0.2) is 30.3 Å². The third kappa shape index (κ3) is 2.96. The predicted octanol–water partition coefficient (Wildman–Crippen LogP) is 2.91. The van der Waals surface area contributed by atoms with E-state index in [0.717, 1.165) is 5.69 Å². The van der Waals surface area contributed by atoms with Crippen molar-refractivity contribution in [3.63, 3.8) is 0 Å². The van der Waals surface area contributed by atoms with E-state index in [1.165, 1.54) is 0 Å². The molecule has 1 aromatic rings. The molecule has 0 aliphatic carbocycles. The van der Waals surface area contributed by atoms with Crippen molar-refractivity contribution in [2.75, 3.05) is 17.3 Å². The van der Waals surface area contributed by atoms with Gasteiger partial charge in [0.25, 0.3) is 0 Å². The predicted molar refractivity (Wildman–Crippen MR) is 64.4 cm³/mol. The molecule has 0 N–H and O–H groups in total. The number of nitrogens with zero attached hydrogens (tertiary/aromatic N) is 1. The van der Waals surface area contributed by atoms with E-state index in [4.69, 9.17) is 11.6 Å². The molecule has 1 atom stereocenters. The summed E-state index contributed by atoms with van der Waals surface area (Å²) in [5.41, 5.74) is 0.932. The summed E-state index contributed by atoms with van der Waals surface area (Å²) in [6.45, 7) is 4.48. The Labute approximate surface area is 95.8 Å². The van der Waals surface area contributed by atoms with Gasteiger partial charge in [-0.1, -0.05) is 25.1 Å². The van der Waals surface area contributed by atoms with E-state index in [-0.39, 0.29) is 11.8 Å². The first kappa shape index (κ1) is 12.1. The molecule has 0 aliphatic rings. The molecule has 1 amide bonds. The maximum atomic E-state index is 11.9. The van der Waals surface area contributed by atoms with Crippen molar-refractivity contribution >= 4 is 23.2 Å². The van der Waals surface area contributed by atoms with Crippen molar-refractivity contribution in [1.29, 1.82) is 0 Å². The zero-order valence-corrected chi connectivity index (χ0v) is 9.87. The van der Waals surface area contributed by atoms with Crippen LogP contribution >= 0.6 is 11.6 Å². The Morgan fingerprint density at radius 1 is 1.40 bits per heavy atom. The summed E-state index contributed by atoms with van der Waals surface area (Å²) < 4.78 is 0. The second kappa shape index (κ2) is 5.76. The second-order valence-electron chi connectivity index (χ2n) is 3.47. The van der Waals surface area contributed by atoms with Crippen LogP contribution in [0.25, 0.3) is 0 Å². The van der Waals surface area contributed by atoms with Crippen LogP contribution in [-0.4, -0.2) is 18.3 Å². The topological polar surface area (TPSA) is 20.3 Å². The molecule has 0 aromatic heterocycles. The molecule has 0 aliphatic heterocycles. The normalized spacial score (nSPS) is 12.2. The highest BCUT2D eigenvalue weighted by atomic mass is 35.5. The smallest absolute Gasteiger partial charge is 0.231 e. The lowest BCUT2D eigenvalue weighted by Gasteiger charge is -2.23. The number of para-hydroxylation sites is 1. The molecule has 0 spiro atoms. The molecule has 0 saturated heterocycles. The summed E-state index contributed by atoms with van der Waals surface area (Å²) in [6, 6.07) is 9.66. The summed E-state index contributed by atoms with van der Waals surface area (Å²) in [7, 11) is 0. The Kier molecular flexibility index (Phi) is 4.63. The number of alkyl halides is 1.